The number of ether oxygens (including phenoxy) is 1. The zero-order chi connectivity index (χ0) is 29.0. The molecule has 218 valence electrons. The third-order valence-corrected chi connectivity index (χ3v) is 7.83. The molecule has 1 aliphatic heterocycles. The predicted octanol–water partition coefficient (Wildman–Crippen LogP) is 6.63. The molecule has 6 nitrogen and oxygen atoms in total. The van der Waals surface area contributed by atoms with Crippen LogP contribution in [0.2, 0.25) is 0 Å². The van der Waals surface area contributed by atoms with Crippen LogP contribution >= 0.6 is 0 Å². The van der Waals surface area contributed by atoms with E-state index in [4.69, 9.17) is 9.72 Å². The van der Waals surface area contributed by atoms with Gasteiger partial charge in [-0.1, -0.05) is 105 Å². The first-order chi connectivity index (χ1) is 20.7. The first kappa shape index (κ1) is 29.5. The molecular formula is C36H43N4O2+. The molecule has 3 aromatic carbocycles. The van der Waals surface area contributed by atoms with Crippen molar-refractivity contribution in [1.82, 2.24) is 10.3 Å². The van der Waals surface area contributed by atoms with Crippen LogP contribution in [-0.4, -0.2) is 37.1 Å². The molecule has 42 heavy (non-hydrogen) atoms. The number of benzene rings is 3. The van der Waals surface area contributed by atoms with Crippen LogP contribution < -0.4 is 19.9 Å². The van der Waals surface area contributed by atoms with Crippen LogP contribution in [0.4, 0.5) is 5.82 Å². The number of carbonyl (C=O) groups excluding carboxylic acids is 1. The molecule has 2 N–H and O–H groups in total. The molecule has 5 rings (SSSR count). The second-order valence-corrected chi connectivity index (χ2v) is 11.1. The SMILES string of the molecule is CNCCCCCCCCCOc1cccc(CC2Nc3c(Cc4ccccc4)nc(-c4ccccc4)c[n+]3C2=O)c1. The molecule has 1 aromatic heterocycles. The van der Waals surface area contributed by atoms with E-state index in [-0.39, 0.29) is 11.9 Å². The molecule has 0 radical (unpaired) electrons. The fraction of sp³-hybridized carbons (Fsp3) is 0.361. The molecular weight excluding hydrogens is 520 g/mol. The van der Waals surface area contributed by atoms with Crippen molar-refractivity contribution in [1.29, 1.82) is 0 Å². The second kappa shape index (κ2) is 15.3. The fourth-order valence-corrected chi connectivity index (χ4v) is 5.55. The quantitative estimate of drug-likeness (QED) is 0.118. The predicted molar refractivity (Wildman–Crippen MR) is 169 cm³/mol. The number of fused-ring (bicyclic) bond motifs is 1. The number of nitrogens with zero attached hydrogens (tertiary/aromatic N) is 2. The Morgan fingerprint density at radius 2 is 1.52 bits per heavy atom. The maximum atomic E-state index is 13.7. The standard InChI is InChI=1S/C36H42N4O2/c1-37-22-13-5-3-2-4-6-14-23-42-31-21-15-18-29(24-31)26-33-36(41)40-27-34(30-19-11-8-12-20-30)38-32(35(40)39-33)25-28-16-9-7-10-17-28/h7-12,15-21,24,27,33,37H,2-6,13-14,22-23,25-26H2,1H3/p+1. The minimum atomic E-state index is -0.365. The lowest BCUT2D eigenvalue weighted by Crippen LogP contribution is -2.44. The monoisotopic (exact) mass is 563 g/mol. The molecule has 0 bridgehead atoms. The van der Waals surface area contributed by atoms with Gasteiger partial charge >= 0.3 is 11.7 Å². The highest BCUT2D eigenvalue weighted by atomic mass is 16.5. The highest BCUT2D eigenvalue weighted by molar-refractivity contribution is 5.82. The summed E-state index contributed by atoms with van der Waals surface area (Å²) in [5.74, 6) is 1.69. The summed E-state index contributed by atoms with van der Waals surface area (Å²) in [6.07, 6.45) is 11.8. The van der Waals surface area contributed by atoms with Crippen LogP contribution in [0.3, 0.4) is 0 Å². The van der Waals surface area contributed by atoms with Crippen LogP contribution in [0, 0.1) is 0 Å². The molecule has 0 spiro atoms. The number of rotatable bonds is 16. The van der Waals surface area contributed by atoms with E-state index in [0.29, 0.717) is 12.8 Å². The van der Waals surface area contributed by atoms with Crippen LogP contribution in [0.5, 0.6) is 5.75 Å². The van der Waals surface area contributed by atoms with Gasteiger partial charge in [-0.05, 0) is 49.7 Å². The lowest BCUT2D eigenvalue weighted by molar-refractivity contribution is -0.552. The van der Waals surface area contributed by atoms with Gasteiger partial charge < -0.3 is 10.1 Å². The molecule has 0 saturated heterocycles. The molecule has 1 atom stereocenters. The average Bonchev–Trinajstić information content (AvgIpc) is 3.34. The number of anilines is 1. The van der Waals surface area contributed by atoms with Crippen molar-refractivity contribution < 1.29 is 14.1 Å². The molecule has 0 fully saturated rings. The van der Waals surface area contributed by atoms with Crippen LogP contribution in [0.15, 0.2) is 91.1 Å². The van der Waals surface area contributed by atoms with E-state index < -0.39 is 0 Å². The van der Waals surface area contributed by atoms with Gasteiger partial charge in [0.1, 0.15) is 23.3 Å². The van der Waals surface area contributed by atoms with E-state index in [9.17, 15) is 4.79 Å². The number of carbonyl (C=O) groups is 1. The van der Waals surface area contributed by atoms with E-state index >= 15 is 0 Å². The van der Waals surface area contributed by atoms with Gasteiger partial charge in [0.15, 0.2) is 6.04 Å². The zero-order valence-corrected chi connectivity index (χ0v) is 24.7. The summed E-state index contributed by atoms with van der Waals surface area (Å²) in [7, 11) is 2.01. The Bertz CT molecular complexity index is 1430. The first-order valence-electron chi connectivity index (χ1n) is 15.4. The minimum absolute atomic E-state index is 0.0381. The molecule has 6 heteroatoms. The Morgan fingerprint density at radius 1 is 0.833 bits per heavy atom. The van der Waals surface area contributed by atoms with E-state index in [2.05, 4.69) is 34.9 Å². The highest BCUT2D eigenvalue weighted by Crippen LogP contribution is 2.25. The topological polar surface area (TPSA) is 67.1 Å². The van der Waals surface area contributed by atoms with E-state index in [1.165, 1.54) is 38.5 Å². The van der Waals surface area contributed by atoms with Gasteiger partial charge in [0, 0.05) is 18.4 Å². The Kier molecular flexibility index (Phi) is 10.7. The van der Waals surface area contributed by atoms with Crippen molar-refractivity contribution in [2.75, 3.05) is 25.5 Å². The smallest absolute Gasteiger partial charge is 0.359 e. The number of hydrogen-bond acceptors (Lipinski definition) is 5. The highest BCUT2D eigenvalue weighted by Gasteiger charge is 2.41. The Balaban J connectivity index is 1.21. The van der Waals surface area contributed by atoms with Gasteiger partial charge in [0.2, 0.25) is 0 Å². The number of unbranched alkanes of at least 4 members (excludes halogenated alkanes) is 6. The Labute approximate surface area is 250 Å². The van der Waals surface area contributed by atoms with Crippen molar-refractivity contribution in [3.63, 3.8) is 0 Å². The summed E-state index contributed by atoms with van der Waals surface area (Å²) in [6.45, 7) is 1.84. The number of hydrogen-bond donors (Lipinski definition) is 2. The summed E-state index contributed by atoms with van der Waals surface area (Å²) in [4.78, 5) is 18.7. The number of nitrogens with one attached hydrogen (secondary N) is 2. The fourth-order valence-electron chi connectivity index (χ4n) is 5.55. The zero-order valence-electron chi connectivity index (χ0n) is 24.7. The maximum Gasteiger partial charge on any atom is 0.359 e. The van der Waals surface area contributed by atoms with Crippen molar-refractivity contribution in [3.8, 4) is 17.0 Å². The molecule has 0 aliphatic carbocycles. The van der Waals surface area contributed by atoms with Gasteiger partial charge in [0.25, 0.3) is 0 Å². The van der Waals surface area contributed by atoms with E-state index in [0.717, 1.165) is 59.2 Å². The summed E-state index contributed by atoms with van der Waals surface area (Å²) >= 11 is 0. The lowest BCUT2D eigenvalue weighted by atomic mass is 10.1. The maximum absolute atomic E-state index is 13.7. The lowest BCUT2D eigenvalue weighted by Gasteiger charge is -2.09. The second-order valence-electron chi connectivity index (χ2n) is 11.1. The molecule has 1 aliphatic rings. The van der Waals surface area contributed by atoms with Crippen LogP contribution in [0.25, 0.3) is 11.3 Å². The van der Waals surface area contributed by atoms with Gasteiger partial charge in [0.05, 0.1) is 6.61 Å². The van der Waals surface area contributed by atoms with E-state index in [1.54, 1.807) is 4.57 Å². The van der Waals surface area contributed by atoms with Gasteiger partial charge in [-0.25, -0.2) is 9.78 Å². The van der Waals surface area contributed by atoms with Crippen LogP contribution in [0.1, 0.15) is 66.6 Å². The normalized spacial score (nSPS) is 14.0. The van der Waals surface area contributed by atoms with Gasteiger partial charge in [-0.15, -0.1) is 0 Å². The summed E-state index contributed by atoms with van der Waals surface area (Å²) < 4.78 is 7.84. The third-order valence-electron chi connectivity index (χ3n) is 7.83. The van der Waals surface area contributed by atoms with Gasteiger partial charge in [-0.2, -0.15) is 4.57 Å². The summed E-state index contributed by atoms with van der Waals surface area (Å²) in [5.41, 5.74) is 4.89. The third kappa shape index (κ3) is 8.04. The van der Waals surface area contributed by atoms with Crippen molar-refractivity contribution in [3.05, 3.63) is 108 Å². The first-order valence-corrected chi connectivity index (χ1v) is 15.4. The Morgan fingerprint density at radius 3 is 2.29 bits per heavy atom. The molecule has 1 unspecified atom stereocenters. The summed E-state index contributed by atoms with van der Waals surface area (Å²) in [5, 5.41) is 6.72. The Hall–Kier alpha value is -4.03. The number of aromatic nitrogens is 2. The van der Waals surface area contributed by atoms with E-state index in [1.807, 2.05) is 73.9 Å². The summed E-state index contributed by atoms with van der Waals surface area (Å²) in [6, 6.07) is 28.1. The molecule has 4 aromatic rings. The molecule has 0 amide bonds. The van der Waals surface area contributed by atoms with Gasteiger partial charge in [-0.3, -0.25) is 5.32 Å². The van der Waals surface area contributed by atoms with Crippen LogP contribution in [-0.2, 0) is 12.8 Å². The largest absolute Gasteiger partial charge is 0.494 e. The van der Waals surface area contributed by atoms with Crippen molar-refractivity contribution >= 4 is 11.7 Å². The molecule has 0 saturated carbocycles. The van der Waals surface area contributed by atoms with Crippen molar-refractivity contribution in [2.45, 2.75) is 63.8 Å². The average molecular weight is 564 g/mol. The van der Waals surface area contributed by atoms with Crippen molar-refractivity contribution in [2.24, 2.45) is 0 Å². The minimum Gasteiger partial charge on any atom is -0.494 e. The molecule has 2 heterocycles.